The van der Waals surface area contributed by atoms with Gasteiger partial charge in [0.05, 0.1) is 5.56 Å². The van der Waals surface area contributed by atoms with Crippen molar-refractivity contribution in [3.63, 3.8) is 0 Å². The first-order valence-electron chi connectivity index (χ1n) is 7.11. The van der Waals surface area contributed by atoms with E-state index in [0.717, 1.165) is 53.9 Å². The van der Waals surface area contributed by atoms with Gasteiger partial charge in [-0.25, -0.2) is 4.98 Å². The number of nitrogen functional groups attached to an aromatic ring is 1. The first-order chi connectivity index (χ1) is 10.1. The van der Waals surface area contributed by atoms with Crippen molar-refractivity contribution in [3.05, 3.63) is 11.1 Å². The van der Waals surface area contributed by atoms with Crippen molar-refractivity contribution in [1.82, 2.24) is 9.36 Å². The molecule has 0 spiro atoms. The summed E-state index contributed by atoms with van der Waals surface area (Å²) >= 11 is 3.09. The maximum atomic E-state index is 6.07. The highest BCUT2D eigenvalue weighted by Gasteiger charge is 2.22. The highest BCUT2D eigenvalue weighted by atomic mass is 32.1. The van der Waals surface area contributed by atoms with E-state index in [9.17, 15) is 0 Å². The molecule has 0 aliphatic carbocycles. The fourth-order valence-corrected chi connectivity index (χ4v) is 4.32. The molecule has 0 saturated carbocycles. The molecule has 1 aliphatic rings. The highest BCUT2D eigenvalue weighted by Crippen LogP contribution is 2.40. The lowest BCUT2D eigenvalue weighted by Crippen LogP contribution is -2.29. The van der Waals surface area contributed by atoms with E-state index in [2.05, 4.69) is 26.7 Å². The third kappa shape index (κ3) is 3.20. The van der Waals surface area contributed by atoms with E-state index in [-0.39, 0.29) is 0 Å². The fraction of sp³-hybridized carbons (Fsp3) is 0.571. The number of aryl methyl sites for hydroxylation is 1. The number of hydrogen-bond acceptors (Lipinski definition) is 7. The molecule has 1 saturated heterocycles. The summed E-state index contributed by atoms with van der Waals surface area (Å²) in [4.78, 5) is 6.84. The molecule has 2 aromatic rings. The Balaban J connectivity index is 1.81. The van der Waals surface area contributed by atoms with Crippen LogP contribution in [0.2, 0.25) is 0 Å². The molecule has 1 aliphatic heterocycles. The van der Waals surface area contributed by atoms with Crippen LogP contribution in [-0.2, 0) is 4.74 Å². The SMILES string of the molecule is Cc1csc(-c2c(N)nsc2N(C)CC2CCOCC2)n1. The minimum Gasteiger partial charge on any atom is -0.382 e. The lowest BCUT2D eigenvalue weighted by molar-refractivity contribution is 0.0685. The maximum absolute atomic E-state index is 6.07. The summed E-state index contributed by atoms with van der Waals surface area (Å²) in [7, 11) is 2.12. The van der Waals surface area contributed by atoms with Crippen LogP contribution in [0.1, 0.15) is 18.5 Å². The highest BCUT2D eigenvalue weighted by molar-refractivity contribution is 7.15. The Morgan fingerprint density at radius 2 is 2.19 bits per heavy atom. The van der Waals surface area contributed by atoms with Crippen LogP contribution in [0.4, 0.5) is 10.8 Å². The van der Waals surface area contributed by atoms with Gasteiger partial charge in [0.1, 0.15) is 15.8 Å². The molecule has 0 amide bonds. The molecule has 0 unspecified atom stereocenters. The molecule has 5 nitrogen and oxygen atoms in total. The summed E-state index contributed by atoms with van der Waals surface area (Å²) in [6.45, 7) is 4.77. The van der Waals surface area contributed by atoms with Crippen molar-refractivity contribution in [2.24, 2.45) is 5.92 Å². The summed E-state index contributed by atoms with van der Waals surface area (Å²) in [5.74, 6) is 1.26. The molecule has 7 heteroatoms. The third-order valence-corrected chi connectivity index (χ3v) is 5.71. The molecule has 3 rings (SSSR count). The smallest absolute Gasteiger partial charge is 0.149 e. The molecule has 0 bridgehead atoms. The van der Waals surface area contributed by atoms with E-state index in [1.54, 1.807) is 11.3 Å². The zero-order valence-electron chi connectivity index (χ0n) is 12.3. The molecule has 2 N–H and O–H groups in total. The second kappa shape index (κ2) is 6.29. The lowest BCUT2D eigenvalue weighted by Gasteiger charge is -2.27. The van der Waals surface area contributed by atoms with Gasteiger partial charge in [-0.1, -0.05) is 0 Å². The maximum Gasteiger partial charge on any atom is 0.149 e. The molecule has 21 heavy (non-hydrogen) atoms. The van der Waals surface area contributed by atoms with Gasteiger partial charge in [0.25, 0.3) is 0 Å². The first-order valence-corrected chi connectivity index (χ1v) is 8.77. The number of hydrogen-bond donors (Lipinski definition) is 1. The quantitative estimate of drug-likeness (QED) is 0.936. The standard InChI is InChI=1S/C14H20N4OS2/c1-9-8-20-13(16-9)11-12(15)17-21-14(11)18(2)7-10-3-5-19-6-4-10/h8,10H,3-7H2,1-2H3,(H2,15,17). The predicted molar refractivity (Wildman–Crippen MR) is 89.2 cm³/mol. The van der Waals surface area contributed by atoms with E-state index < -0.39 is 0 Å². The van der Waals surface area contributed by atoms with Crippen molar-refractivity contribution in [2.45, 2.75) is 19.8 Å². The minimum absolute atomic E-state index is 0.586. The monoisotopic (exact) mass is 324 g/mol. The fourth-order valence-electron chi connectivity index (χ4n) is 2.62. The number of nitrogens with zero attached hydrogens (tertiary/aromatic N) is 3. The van der Waals surface area contributed by atoms with Crippen LogP contribution >= 0.6 is 22.9 Å². The zero-order chi connectivity index (χ0) is 14.8. The summed E-state index contributed by atoms with van der Waals surface area (Å²) in [6, 6.07) is 0. The van der Waals surface area contributed by atoms with Crippen LogP contribution in [0.5, 0.6) is 0 Å². The Morgan fingerprint density at radius 3 is 2.86 bits per heavy atom. The van der Waals surface area contributed by atoms with Gasteiger partial charge in [0.2, 0.25) is 0 Å². The van der Waals surface area contributed by atoms with Gasteiger partial charge in [-0.3, -0.25) is 0 Å². The number of aromatic nitrogens is 2. The van der Waals surface area contributed by atoms with Crippen molar-refractivity contribution in [3.8, 4) is 10.6 Å². The van der Waals surface area contributed by atoms with Crippen molar-refractivity contribution < 1.29 is 4.74 Å². The number of ether oxygens (including phenoxy) is 1. The number of nitrogens with two attached hydrogens (primary N) is 1. The topological polar surface area (TPSA) is 64.3 Å². The average molecular weight is 324 g/mol. The predicted octanol–water partition coefficient (Wildman–Crippen LogP) is 3.02. The lowest BCUT2D eigenvalue weighted by atomic mass is 10.00. The molecule has 0 radical (unpaired) electrons. The van der Waals surface area contributed by atoms with E-state index in [4.69, 9.17) is 10.5 Å². The number of thiazole rings is 1. The normalized spacial score (nSPS) is 16.3. The summed E-state index contributed by atoms with van der Waals surface area (Å²) < 4.78 is 9.77. The molecule has 114 valence electrons. The average Bonchev–Trinajstić information content (AvgIpc) is 3.05. The van der Waals surface area contributed by atoms with Crippen LogP contribution in [0.3, 0.4) is 0 Å². The van der Waals surface area contributed by atoms with Crippen LogP contribution in [0, 0.1) is 12.8 Å². The van der Waals surface area contributed by atoms with Crippen LogP contribution < -0.4 is 10.6 Å². The van der Waals surface area contributed by atoms with E-state index in [0.29, 0.717) is 11.7 Å². The van der Waals surface area contributed by atoms with Crippen LogP contribution in [0.25, 0.3) is 10.6 Å². The van der Waals surface area contributed by atoms with Crippen LogP contribution in [-0.4, -0.2) is 36.2 Å². The summed E-state index contributed by atoms with van der Waals surface area (Å²) in [6.07, 6.45) is 2.26. The van der Waals surface area contributed by atoms with Crippen molar-refractivity contribution >= 4 is 33.7 Å². The molecule has 0 aromatic carbocycles. The molecular weight excluding hydrogens is 304 g/mol. The number of rotatable bonds is 4. The minimum atomic E-state index is 0.586. The molecular formula is C14H20N4OS2. The van der Waals surface area contributed by atoms with Crippen molar-refractivity contribution in [2.75, 3.05) is 37.4 Å². The second-order valence-electron chi connectivity index (χ2n) is 5.48. The molecule has 2 aromatic heterocycles. The Kier molecular flexibility index (Phi) is 4.42. The zero-order valence-corrected chi connectivity index (χ0v) is 14.0. The van der Waals surface area contributed by atoms with Gasteiger partial charge in [0.15, 0.2) is 0 Å². The van der Waals surface area contributed by atoms with Gasteiger partial charge in [-0.2, -0.15) is 4.37 Å². The van der Waals surface area contributed by atoms with Gasteiger partial charge in [0, 0.05) is 37.9 Å². The van der Waals surface area contributed by atoms with Gasteiger partial charge >= 0.3 is 0 Å². The molecule has 3 heterocycles. The van der Waals surface area contributed by atoms with Crippen LogP contribution in [0.15, 0.2) is 5.38 Å². The third-order valence-electron chi connectivity index (χ3n) is 3.75. The molecule has 1 fully saturated rings. The van der Waals surface area contributed by atoms with E-state index in [1.807, 2.05) is 6.92 Å². The van der Waals surface area contributed by atoms with Crippen molar-refractivity contribution in [1.29, 1.82) is 0 Å². The molecule has 0 atom stereocenters. The largest absolute Gasteiger partial charge is 0.382 e. The Morgan fingerprint density at radius 1 is 1.43 bits per heavy atom. The summed E-state index contributed by atoms with van der Waals surface area (Å²) in [5, 5.41) is 4.13. The van der Waals surface area contributed by atoms with E-state index in [1.165, 1.54) is 11.5 Å². The van der Waals surface area contributed by atoms with Gasteiger partial charge in [-0.15, -0.1) is 11.3 Å². The summed E-state index contributed by atoms with van der Waals surface area (Å²) in [5.41, 5.74) is 8.09. The Hall–Kier alpha value is -1.18. The second-order valence-corrected chi connectivity index (χ2v) is 7.09. The number of anilines is 2. The van der Waals surface area contributed by atoms with Gasteiger partial charge < -0.3 is 15.4 Å². The first kappa shape index (κ1) is 14.7. The van der Waals surface area contributed by atoms with Gasteiger partial charge in [-0.05, 0) is 37.2 Å². The Bertz CT molecular complexity index is 604. The Labute approximate surface area is 132 Å². The van der Waals surface area contributed by atoms with E-state index >= 15 is 0 Å².